The molecule has 0 aliphatic heterocycles. The zero-order chi connectivity index (χ0) is 14.9. The number of hydrogen-bond acceptors (Lipinski definition) is 2. The smallest absolute Gasteiger partial charge is 0.251 e. The molecule has 0 saturated heterocycles. The van der Waals surface area contributed by atoms with Crippen LogP contribution in [0.25, 0.3) is 0 Å². The number of nitrogens with one attached hydrogen (secondary N) is 1. The number of rotatable bonds is 7. The molecule has 1 N–H and O–H groups in total. The molecule has 2 aromatic carbocycles. The van der Waals surface area contributed by atoms with Crippen LogP contribution in [0.2, 0.25) is 0 Å². The molecule has 110 valence electrons. The summed E-state index contributed by atoms with van der Waals surface area (Å²) in [6.07, 6.45) is 1.82. The van der Waals surface area contributed by atoms with Gasteiger partial charge in [-0.25, -0.2) is 0 Å². The van der Waals surface area contributed by atoms with E-state index in [4.69, 9.17) is 4.74 Å². The first-order chi connectivity index (χ1) is 10.3. The summed E-state index contributed by atoms with van der Waals surface area (Å²) in [6.45, 7) is 1.34. The van der Waals surface area contributed by atoms with Crippen LogP contribution in [0.15, 0.2) is 54.6 Å². The molecular formula is C17H18INO2. The van der Waals surface area contributed by atoms with Gasteiger partial charge in [-0.2, -0.15) is 0 Å². The largest absolute Gasteiger partial charge is 0.494 e. The van der Waals surface area contributed by atoms with Crippen LogP contribution < -0.4 is 10.1 Å². The molecule has 0 unspecified atom stereocenters. The SMILES string of the molecule is O=C(NCCCCOc1ccccc1)c1cccc(I)c1. The molecule has 0 aromatic heterocycles. The van der Waals surface area contributed by atoms with Crippen LogP contribution in [0.5, 0.6) is 5.75 Å². The molecule has 0 fully saturated rings. The maximum atomic E-state index is 11.9. The van der Waals surface area contributed by atoms with Crippen molar-refractivity contribution in [1.82, 2.24) is 5.32 Å². The Morgan fingerprint density at radius 2 is 1.86 bits per heavy atom. The van der Waals surface area contributed by atoms with E-state index in [1.54, 1.807) is 0 Å². The van der Waals surface area contributed by atoms with Gasteiger partial charge >= 0.3 is 0 Å². The van der Waals surface area contributed by atoms with E-state index >= 15 is 0 Å². The Balaban J connectivity index is 1.60. The van der Waals surface area contributed by atoms with Crippen molar-refractivity contribution >= 4 is 28.5 Å². The summed E-state index contributed by atoms with van der Waals surface area (Å²) in [4.78, 5) is 11.9. The highest BCUT2D eigenvalue weighted by molar-refractivity contribution is 14.1. The van der Waals surface area contributed by atoms with Crippen molar-refractivity contribution in [2.75, 3.05) is 13.2 Å². The molecule has 0 atom stereocenters. The van der Waals surface area contributed by atoms with Crippen LogP contribution in [0.1, 0.15) is 23.2 Å². The lowest BCUT2D eigenvalue weighted by Gasteiger charge is -2.07. The third-order valence-electron chi connectivity index (χ3n) is 2.96. The normalized spacial score (nSPS) is 10.1. The van der Waals surface area contributed by atoms with E-state index in [2.05, 4.69) is 27.9 Å². The van der Waals surface area contributed by atoms with Crippen molar-refractivity contribution in [2.45, 2.75) is 12.8 Å². The average Bonchev–Trinajstić information content (AvgIpc) is 2.51. The lowest BCUT2D eigenvalue weighted by atomic mass is 10.2. The Hall–Kier alpha value is -1.56. The number of ether oxygens (including phenoxy) is 1. The first kappa shape index (κ1) is 15.8. The number of carbonyl (C=O) groups is 1. The molecule has 0 radical (unpaired) electrons. The maximum Gasteiger partial charge on any atom is 0.251 e. The van der Waals surface area contributed by atoms with Gasteiger partial charge in [-0.1, -0.05) is 24.3 Å². The molecule has 3 nitrogen and oxygen atoms in total. The second-order valence-corrected chi connectivity index (χ2v) is 5.88. The third-order valence-corrected chi connectivity index (χ3v) is 3.63. The summed E-state index contributed by atoms with van der Waals surface area (Å²) in [6, 6.07) is 17.3. The molecular weight excluding hydrogens is 377 g/mol. The van der Waals surface area contributed by atoms with Gasteiger partial charge in [-0.05, 0) is 65.8 Å². The zero-order valence-electron chi connectivity index (χ0n) is 11.7. The molecule has 0 spiro atoms. The lowest BCUT2D eigenvalue weighted by molar-refractivity contribution is 0.0952. The topological polar surface area (TPSA) is 38.3 Å². The van der Waals surface area contributed by atoms with E-state index in [-0.39, 0.29) is 5.91 Å². The second kappa shape index (κ2) is 8.67. The number of amides is 1. The average molecular weight is 395 g/mol. The van der Waals surface area contributed by atoms with Gasteiger partial charge in [-0.15, -0.1) is 0 Å². The van der Waals surface area contributed by atoms with Crippen LogP contribution in [0, 0.1) is 3.57 Å². The van der Waals surface area contributed by atoms with Crippen LogP contribution >= 0.6 is 22.6 Å². The highest BCUT2D eigenvalue weighted by Crippen LogP contribution is 2.09. The van der Waals surface area contributed by atoms with Crippen LogP contribution in [-0.4, -0.2) is 19.1 Å². The predicted molar refractivity (Wildman–Crippen MR) is 92.7 cm³/mol. The second-order valence-electron chi connectivity index (χ2n) is 4.63. The lowest BCUT2D eigenvalue weighted by Crippen LogP contribution is -2.24. The van der Waals surface area contributed by atoms with Gasteiger partial charge in [0.05, 0.1) is 6.61 Å². The van der Waals surface area contributed by atoms with Crippen molar-refractivity contribution in [2.24, 2.45) is 0 Å². The first-order valence-electron chi connectivity index (χ1n) is 6.97. The summed E-state index contributed by atoms with van der Waals surface area (Å²) >= 11 is 2.20. The molecule has 0 aliphatic rings. The fraction of sp³-hybridized carbons (Fsp3) is 0.235. The highest BCUT2D eigenvalue weighted by atomic mass is 127. The van der Waals surface area contributed by atoms with E-state index in [0.29, 0.717) is 18.7 Å². The Kier molecular flexibility index (Phi) is 6.53. The Bertz CT molecular complexity index is 572. The van der Waals surface area contributed by atoms with Crippen molar-refractivity contribution < 1.29 is 9.53 Å². The van der Waals surface area contributed by atoms with Crippen LogP contribution in [-0.2, 0) is 0 Å². The predicted octanol–water partition coefficient (Wildman–Crippen LogP) is 3.88. The standard InChI is InChI=1S/C17H18INO2/c18-15-8-6-7-14(13-15)17(20)19-11-4-5-12-21-16-9-2-1-3-10-16/h1-3,6-10,13H,4-5,11-12H2,(H,19,20). The minimum Gasteiger partial charge on any atom is -0.494 e. The fourth-order valence-corrected chi connectivity index (χ4v) is 2.41. The van der Waals surface area contributed by atoms with Gasteiger partial charge in [0.1, 0.15) is 5.75 Å². The first-order valence-corrected chi connectivity index (χ1v) is 8.05. The number of benzene rings is 2. The highest BCUT2D eigenvalue weighted by Gasteiger charge is 2.04. The summed E-state index contributed by atoms with van der Waals surface area (Å²) in [5.41, 5.74) is 0.711. The summed E-state index contributed by atoms with van der Waals surface area (Å²) < 4.78 is 6.67. The molecule has 0 bridgehead atoms. The van der Waals surface area contributed by atoms with E-state index in [1.807, 2.05) is 54.6 Å². The van der Waals surface area contributed by atoms with E-state index in [1.165, 1.54) is 0 Å². The third kappa shape index (κ3) is 5.75. The van der Waals surface area contributed by atoms with Gasteiger partial charge in [-0.3, -0.25) is 4.79 Å². The number of carbonyl (C=O) groups excluding carboxylic acids is 1. The number of para-hydroxylation sites is 1. The van der Waals surface area contributed by atoms with Gasteiger partial charge in [0.2, 0.25) is 0 Å². The van der Waals surface area contributed by atoms with Crippen LogP contribution in [0.3, 0.4) is 0 Å². The summed E-state index contributed by atoms with van der Waals surface area (Å²) in [5, 5.41) is 2.93. The monoisotopic (exact) mass is 395 g/mol. The fourth-order valence-electron chi connectivity index (χ4n) is 1.87. The van der Waals surface area contributed by atoms with Crippen molar-refractivity contribution in [1.29, 1.82) is 0 Å². The Morgan fingerprint density at radius 3 is 2.62 bits per heavy atom. The van der Waals surface area contributed by atoms with Crippen molar-refractivity contribution in [3.8, 4) is 5.75 Å². The quantitative estimate of drug-likeness (QED) is 0.571. The molecule has 4 heteroatoms. The Labute approximate surface area is 138 Å². The minimum atomic E-state index is -0.0162. The van der Waals surface area contributed by atoms with Gasteiger partial charge < -0.3 is 10.1 Å². The molecule has 2 rings (SSSR count). The van der Waals surface area contributed by atoms with Crippen molar-refractivity contribution in [3.05, 3.63) is 63.7 Å². The number of halogens is 1. The van der Waals surface area contributed by atoms with Crippen molar-refractivity contribution in [3.63, 3.8) is 0 Å². The van der Waals surface area contributed by atoms with E-state index in [9.17, 15) is 4.79 Å². The zero-order valence-corrected chi connectivity index (χ0v) is 13.9. The molecule has 2 aromatic rings. The summed E-state index contributed by atoms with van der Waals surface area (Å²) in [5.74, 6) is 0.873. The number of unbranched alkanes of at least 4 members (excludes halogenated alkanes) is 1. The molecule has 0 heterocycles. The van der Waals surface area contributed by atoms with Gasteiger partial charge in [0.25, 0.3) is 5.91 Å². The van der Waals surface area contributed by atoms with E-state index in [0.717, 1.165) is 22.2 Å². The maximum absolute atomic E-state index is 11.9. The molecule has 0 saturated carbocycles. The Morgan fingerprint density at radius 1 is 1.05 bits per heavy atom. The minimum absolute atomic E-state index is 0.0162. The molecule has 0 aliphatic carbocycles. The summed E-state index contributed by atoms with van der Waals surface area (Å²) in [7, 11) is 0. The molecule has 1 amide bonds. The number of hydrogen-bond donors (Lipinski definition) is 1. The van der Waals surface area contributed by atoms with Gasteiger partial charge in [0.15, 0.2) is 0 Å². The van der Waals surface area contributed by atoms with Crippen LogP contribution in [0.4, 0.5) is 0 Å². The van der Waals surface area contributed by atoms with Gasteiger partial charge in [0, 0.05) is 15.7 Å². The molecule has 21 heavy (non-hydrogen) atoms. The van der Waals surface area contributed by atoms with E-state index < -0.39 is 0 Å².